The standard InChI is InChI=1S/C16H17Cl/c1-12-6-8-14(9-7-12)10-13(2)15-4-3-5-16(17)11-15/h3-9,11,13H,10H2,1-2H3/t13-/m1/s1. The molecule has 0 bridgehead atoms. The van der Waals surface area contributed by atoms with Gasteiger partial charge in [0.05, 0.1) is 0 Å². The largest absolute Gasteiger partial charge is 0.0843 e. The van der Waals surface area contributed by atoms with Crippen LogP contribution in [-0.4, -0.2) is 0 Å². The minimum Gasteiger partial charge on any atom is -0.0843 e. The fourth-order valence-electron chi connectivity index (χ4n) is 2.01. The van der Waals surface area contributed by atoms with Crippen molar-refractivity contribution in [2.24, 2.45) is 0 Å². The highest BCUT2D eigenvalue weighted by molar-refractivity contribution is 6.30. The van der Waals surface area contributed by atoms with E-state index in [0.29, 0.717) is 5.92 Å². The van der Waals surface area contributed by atoms with Crippen LogP contribution < -0.4 is 0 Å². The molecule has 0 aliphatic carbocycles. The molecule has 0 aromatic heterocycles. The van der Waals surface area contributed by atoms with Crippen LogP contribution in [0.5, 0.6) is 0 Å². The Bertz CT molecular complexity index is 485. The van der Waals surface area contributed by atoms with Gasteiger partial charge in [-0.1, -0.05) is 60.5 Å². The van der Waals surface area contributed by atoms with Crippen LogP contribution >= 0.6 is 11.6 Å². The van der Waals surface area contributed by atoms with Gasteiger partial charge in [0, 0.05) is 5.02 Å². The first-order valence-corrected chi connectivity index (χ1v) is 6.34. The quantitative estimate of drug-likeness (QED) is 0.713. The lowest BCUT2D eigenvalue weighted by Gasteiger charge is -2.12. The Morgan fingerprint density at radius 3 is 2.41 bits per heavy atom. The van der Waals surface area contributed by atoms with Crippen LogP contribution in [0.1, 0.15) is 29.5 Å². The molecule has 2 rings (SSSR count). The van der Waals surface area contributed by atoms with Crippen LogP contribution in [-0.2, 0) is 6.42 Å². The van der Waals surface area contributed by atoms with Gasteiger partial charge in [-0.15, -0.1) is 0 Å². The minimum absolute atomic E-state index is 0.497. The van der Waals surface area contributed by atoms with Crippen LogP contribution in [0.4, 0.5) is 0 Å². The van der Waals surface area contributed by atoms with E-state index in [4.69, 9.17) is 11.6 Å². The first-order valence-electron chi connectivity index (χ1n) is 5.96. The van der Waals surface area contributed by atoms with Gasteiger partial charge < -0.3 is 0 Å². The van der Waals surface area contributed by atoms with Crippen LogP contribution in [0.25, 0.3) is 0 Å². The van der Waals surface area contributed by atoms with E-state index in [1.165, 1.54) is 16.7 Å². The molecule has 2 aromatic carbocycles. The summed E-state index contributed by atoms with van der Waals surface area (Å²) in [6, 6.07) is 16.9. The van der Waals surface area contributed by atoms with Gasteiger partial charge in [0.2, 0.25) is 0 Å². The summed E-state index contributed by atoms with van der Waals surface area (Å²) in [7, 11) is 0. The third-order valence-electron chi connectivity index (χ3n) is 3.08. The van der Waals surface area contributed by atoms with Crippen molar-refractivity contribution in [3.05, 3.63) is 70.2 Å². The Morgan fingerprint density at radius 1 is 1.06 bits per heavy atom. The summed E-state index contributed by atoms with van der Waals surface area (Å²) in [5, 5.41) is 0.818. The maximum Gasteiger partial charge on any atom is 0.0408 e. The number of benzene rings is 2. The molecule has 1 atom stereocenters. The minimum atomic E-state index is 0.497. The molecule has 0 heterocycles. The SMILES string of the molecule is Cc1ccc(C[C@@H](C)c2cccc(Cl)c2)cc1. The molecule has 0 aliphatic heterocycles. The Kier molecular flexibility index (Phi) is 3.86. The van der Waals surface area contributed by atoms with Gasteiger partial charge in [-0.25, -0.2) is 0 Å². The topological polar surface area (TPSA) is 0 Å². The molecule has 1 heteroatoms. The van der Waals surface area contributed by atoms with Crippen molar-refractivity contribution in [1.82, 2.24) is 0 Å². The molecule has 0 N–H and O–H groups in total. The monoisotopic (exact) mass is 244 g/mol. The lowest BCUT2D eigenvalue weighted by atomic mass is 9.93. The molecule has 0 fully saturated rings. The number of halogens is 1. The second kappa shape index (κ2) is 5.37. The van der Waals surface area contributed by atoms with Crippen molar-refractivity contribution in [3.63, 3.8) is 0 Å². The molecular formula is C16H17Cl. The van der Waals surface area contributed by atoms with Crippen molar-refractivity contribution < 1.29 is 0 Å². The van der Waals surface area contributed by atoms with Gasteiger partial charge in [0.1, 0.15) is 0 Å². The third-order valence-corrected chi connectivity index (χ3v) is 3.32. The van der Waals surface area contributed by atoms with Crippen molar-refractivity contribution in [3.8, 4) is 0 Å². The van der Waals surface area contributed by atoms with Gasteiger partial charge in [-0.05, 0) is 42.5 Å². The van der Waals surface area contributed by atoms with Crippen LogP contribution in [0.2, 0.25) is 5.02 Å². The molecule has 88 valence electrons. The molecule has 0 nitrogen and oxygen atoms in total. The Morgan fingerprint density at radius 2 is 1.76 bits per heavy atom. The lowest BCUT2D eigenvalue weighted by Crippen LogP contribution is -1.98. The highest BCUT2D eigenvalue weighted by atomic mass is 35.5. The van der Waals surface area contributed by atoms with E-state index in [-0.39, 0.29) is 0 Å². The van der Waals surface area contributed by atoms with Crippen LogP contribution in [0.3, 0.4) is 0 Å². The zero-order valence-electron chi connectivity index (χ0n) is 10.3. The normalized spacial score (nSPS) is 12.4. The van der Waals surface area contributed by atoms with Crippen LogP contribution in [0, 0.1) is 6.92 Å². The van der Waals surface area contributed by atoms with Crippen molar-refractivity contribution in [2.45, 2.75) is 26.2 Å². The van der Waals surface area contributed by atoms with Gasteiger partial charge in [-0.2, -0.15) is 0 Å². The second-order valence-electron chi connectivity index (χ2n) is 4.65. The molecule has 0 radical (unpaired) electrons. The number of aryl methyl sites for hydroxylation is 1. The summed E-state index contributed by atoms with van der Waals surface area (Å²) in [4.78, 5) is 0. The fraction of sp³-hybridized carbons (Fsp3) is 0.250. The Balaban J connectivity index is 2.11. The van der Waals surface area contributed by atoms with Gasteiger partial charge >= 0.3 is 0 Å². The third kappa shape index (κ3) is 3.34. The zero-order valence-corrected chi connectivity index (χ0v) is 11.0. The highest BCUT2D eigenvalue weighted by Crippen LogP contribution is 2.23. The van der Waals surface area contributed by atoms with E-state index in [0.717, 1.165) is 11.4 Å². The number of hydrogen-bond acceptors (Lipinski definition) is 0. The molecule has 0 unspecified atom stereocenters. The van der Waals surface area contributed by atoms with E-state index >= 15 is 0 Å². The van der Waals surface area contributed by atoms with Crippen molar-refractivity contribution in [2.75, 3.05) is 0 Å². The predicted molar refractivity (Wildman–Crippen MR) is 74.8 cm³/mol. The van der Waals surface area contributed by atoms with E-state index in [1.54, 1.807) is 0 Å². The van der Waals surface area contributed by atoms with Gasteiger partial charge in [-0.3, -0.25) is 0 Å². The Hall–Kier alpha value is -1.27. The summed E-state index contributed by atoms with van der Waals surface area (Å²) in [5.41, 5.74) is 3.99. The second-order valence-corrected chi connectivity index (χ2v) is 5.08. The fourth-order valence-corrected chi connectivity index (χ4v) is 2.21. The molecule has 0 saturated heterocycles. The smallest absolute Gasteiger partial charge is 0.0408 e. The van der Waals surface area contributed by atoms with Gasteiger partial charge in [0.25, 0.3) is 0 Å². The number of hydrogen-bond donors (Lipinski definition) is 0. The number of rotatable bonds is 3. The molecule has 0 spiro atoms. The summed E-state index contributed by atoms with van der Waals surface area (Å²) in [6.45, 7) is 4.36. The summed E-state index contributed by atoms with van der Waals surface area (Å²) in [5.74, 6) is 0.497. The summed E-state index contributed by atoms with van der Waals surface area (Å²) >= 11 is 6.01. The van der Waals surface area contributed by atoms with E-state index in [1.807, 2.05) is 12.1 Å². The average molecular weight is 245 g/mol. The molecule has 0 amide bonds. The predicted octanol–water partition coefficient (Wildman–Crippen LogP) is 4.99. The maximum atomic E-state index is 6.01. The maximum absolute atomic E-state index is 6.01. The molecular weight excluding hydrogens is 228 g/mol. The van der Waals surface area contributed by atoms with Crippen LogP contribution in [0.15, 0.2) is 48.5 Å². The molecule has 0 aliphatic rings. The molecule has 2 aromatic rings. The lowest BCUT2D eigenvalue weighted by molar-refractivity contribution is 0.759. The summed E-state index contributed by atoms with van der Waals surface area (Å²) < 4.78 is 0. The molecule has 17 heavy (non-hydrogen) atoms. The zero-order chi connectivity index (χ0) is 12.3. The first kappa shape index (κ1) is 12.2. The molecule has 0 saturated carbocycles. The van der Waals surface area contributed by atoms with Crippen molar-refractivity contribution >= 4 is 11.6 Å². The summed E-state index contributed by atoms with van der Waals surface area (Å²) in [6.07, 6.45) is 1.06. The Labute approximate surface area is 108 Å². The first-order chi connectivity index (χ1) is 8.15. The highest BCUT2D eigenvalue weighted by Gasteiger charge is 2.06. The van der Waals surface area contributed by atoms with E-state index in [9.17, 15) is 0 Å². The van der Waals surface area contributed by atoms with Gasteiger partial charge in [0.15, 0.2) is 0 Å². The van der Waals surface area contributed by atoms with Crippen molar-refractivity contribution in [1.29, 1.82) is 0 Å². The van der Waals surface area contributed by atoms with E-state index < -0.39 is 0 Å². The average Bonchev–Trinajstić information content (AvgIpc) is 2.32. The van der Waals surface area contributed by atoms with E-state index in [2.05, 4.69) is 50.2 Å².